The average Bonchev–Trinajstić information content (AvgIpc) is 2.93. The Morgan fingerprint density at radius 3 is 2.04 bits per heavy atom. The number of carbonyl (C=O) groups is 1. The largest absolute Gasteiger partial charge is 0.480 e. The molecule has 0 spiro atoms. The number of aromatic nitrogens is 4. The van der Waals surface area contributed by atoms with E-state index in [1.807, 2.05) is 13.8 Å². The maximum atomic E-state index is 13.0. The molecular weight excluding hydrogens is 358 g/mol. The molecule has 2 rings (SSSR count). The summed E-state index contributed by atoms with van der Waals surface area (Å²) in [6.45, 7) is 10.4. The summed E-state index contributed by atoms with van der Waals surface area (Å²) in [4.78, 5) is 11.8. The van der Waals surface area contributed by atoms with Gasteiger partial charge in [-0.1, -0.05) is 0 Å². The normalized spacial score (nSPS) is 13.4. The third-order valence-electron chi connectivity index (χ3n) is 4.39. The van der Waals surface area contributed by atoms with Gasteiger partial charge in [-0.2, -0.15) is 14.9 Å². The molecule has 0 aliphatic rings. The number of hydrogen-bond acceptors (Lipinski definition) is 5. The van der Waals surface area contributed by atoms with Crippen molar-refractivity contribution in [1.82, 2.24) is 24.3 Å². The van der Waals surface area contributed by atoms with Crippen molar-refractivity contribution >= 4 is 16.0 Å². The summed E-state index contributed by atoms with van der Waals surface area (Å²) in [6.07, 6.45) is 0. The Morgan fingerprint density at radius 1 is 1.08 bits per heavy atom. The predicted octanol–water partition coefficient (Wildman–Crippen LogP) is 1.54. The lowest BCUT2D eigenvalue weighted by Crippen LogP contribution is -2.35. The molecule has 1 atom stereocenters. The Kier molecular flexibility index (Phi) is 5.29. The minimum Gasteiger partial charge on any atom is -0.480 e. The van der Waals surface area contributed by atoms with Gasteiger partial charge in [0.25, 0.3) is 0 Å². The van der Waals surface area contributed by atoms with Crippen LogP contribution in [-0.2, 0) is 21.9 Å². The Hall–Kier alpha value is -2.20. The highest BCUT2D eigenvalue weighted by atomic mass is 32.2. The van der Waals surface area contributed by atoms with E-state index in [4.69, 9.17) is 0 Å². The van der Waals surface area contributed by atoms with Crippen molar-refractivity contribution in [3.8, 4) is 0 Å². The van der Waals surface area contributed by atoms with E-state index in [2.05, 4.69) is 14.9 Å². The second-order valence-electron chi connectivity index (χ2n) is 6.64. The fraction of sp³-hybridized carbons (Fsp3) is 0.562. The smallest absolute Gasteiger partial charge is 0.326 e. The van der Waals surface area contributed by atoms with E-state index in [0.29, 0.717) is 28.3 Å². The molecular formula is C16H25N5O4S. The molecule has 26 heavy (non-hydrogen) atoms. The van der Waals surface area contributed by atoms with E-state index in [0.717, 1.165) is 0 Å². The predicted molar refractivity (Wildman–Crippen MR) is 95.5 cm³/mol. The molecule has 10 heteroatoms. The molecule has 0 bridgehead atoms. The van der Waals surface area contributed by atoms with E-state index in [1.165, 1.54) is 4.68 Å². The highest BCUT2D eigenvalue weighted by Gasteiger charge is 2.34. The van der Waals surface area contributed by atoms with Crippen LogP contribution in [0.5, 0.6) is 0 Å². The van der Waals surface area contributed by atoms with Crippen molar-refractivity contribution in [1.29, 1.82) is 0 Å². The first-order chi connectivity index (χ1) is 11.9. The molecule has 2 heterocycles. The molecule has 2 aromatic heterocycles. The molecule has 2 aromatic rings. The first kappa shape index (κ1) is 20.1. The number of aryl methyl sites for hydroxylation is 3. The lowest BCUT2D eigenvalue weighted by atomic mass is 10.1. The standard InChI is InChI=1S/C16H25N5O4S/c1-8(2)21-12(6)15(10(4)18-21)26(24,25)19-14(16(22)23)13-9(3)17-20(7)11(13)5/h8,14,19H,1-7H3,(H,22,23). The van der Waals surface area contributed by atoms with Gasteiger partial charge in [0.15, 0.2) is 0 Å². The topological polar surface area (TPSA) is 119 Å². The summed E-state index contributed by atoms with van der Waals surface area (Å²) >= 11 is 0. The number of carboxylic acids is 1. The summed E-state index contributed by atoms with van der Waals surface area (Å²) in [7, 11) is -2.42. The average molecular weight is 383 g/mol. The van der Waals surface area contributed by atoms with Gasteiger partial charge in [-0.05, 0) is 41.5 Å². The first-order valence-electron chi connectivity index (χ1n) is 8.19. The molecule has 0 fully saturated rings. The molecule has 2 N–H and O–H groups in total. The first-order valence-corrected chi connectivity index (χ1v) is 9.67. The highest BCUT2D eigenvalue weighted by molar-refractivity contribution is 7.89. The zero-order valence-corrected chi connectivity index (χ0v) is 16.8. The van der Waals surface area contributed by atoms with Gasteiger partial charge in [-0.3, -0.25) is 14.2 Å². The van der Waals surface area contributed by atoms with E-state index in [-0.39, 0.29) is 10.9 Å². The van der Waals surface area contributed by atoms with Crippen molar-refractivity contribution in [3.05, 3.63) is 28.3 Å². The number of sulfonamides is 1. The quantitative estimate of drug-likeness (QED) is 0.781. The molecule has 9 nitrogen and oxygen atoms in total. The van der Waals surface area contributed by atoms with Crippen molar-refractivity contribution in [3.63, 3.8) is 0 Å². The number of nitrogens with zero attached hydrogens (tertiary/aromatic N) is 4. The molecule has 0 amide bonds. The van der Waals surface area contributed by atoms with Crippen LogP contribution in [0.4, 0.5) is 0 Å². The van der Waals surface area contributed by atoms with Crippen LogP contribution in [0.2, 0.25) is 0 Å². The monoisotopic (exact) mass is 383 g/mol. The maximum Gasteiger partial charge on any atom is 0.326 e. The van der Waals surface area contributed by atoms with Gasteiger partial charge in [0.2, 0.25) is 10.0 Å². The van der Waals surface area contributed by atoms with Crippen LogP contribution in [0, 0.1) is 27.7 Å². The Morgan fingerprint density at radius 2 is 1.65 bits per heavy atom. The van der Waals surface area contributed by atoms with Crippen molar-refractivity contribution in [2.45, 2.75) is 58.5 Å². The zero-order chi connectivity index (χ0) is 20.0. The van der Waals surface area contributed by atoms with E-state index >= 15 is 0 Å². The Balaban J connectivity index is 2.55. The molecule has 0 saturated carbocycles. The van der Waals surface area contributed by atoms with Crippen LogP contribution in [0.1, 0.15) is 54.3 Å². The number of nitrogens with one attached hydrogen (secondary N) is 1. The van der Waals surface area contributed by atoms with Crippen LogP contribution >= 0.6 is 0 Å². The molecule has 0 aromatic carbocycles. The van der Waals surface area contributed by atoms with Gasteiger partial charge < -0.3 is 5.11 Å². The van der Waals surface area contributed by atoms with Crippen molar-refractivity contribution < 1.29 is 18.3 Å². The molecule has 0 aliphatic carbocycles. The number of aliphatic carboxylic acids is 1. The highest BCUT2D eigenvalue weighted by Crippen LogP contribution is 2.27. The molecule has 0 saturated heterocycles. The summed E-state index contributed by atoms with van der Waals surface area (Å²) in [6, 6.07) is -1.45. The second-order valence-corrected chi connectivity index (χ2v) is 8.29. The van der Waals surface area contributed by atoms with Gasteiger partial charge in [0, 0.05) is 24.3 Å². The molecule has 0 aliphatic heterocycles. The minimum absolute atomic E-state index is 0.0108. The third kappa shape index (κ3) is 3.38. The van der Waals surface area contributed by atoms with Gasteiger partial charge >= 0.3 is 5.97 Å². The van der Waals surface area contributed by atoms with Gasteiger partial charge in [-0.15, -0.1) is 0 Å². The Bertz CT molecular complexity index is 956. The summed E-state index contributed by atoms with van der Waals surface area (Å²) in [5, 5.41) is 18.1. The number of rotatable bonds is 6. The van der Waals surface area contributed by atoms with E-state index in [1.54, 1.807) is 39.4 Å². The fourth-order valence-corrected chi connectivity index (χ4v) is 4.75. The van der Waals surface area contributed by atoms with Gasteiger partial charge in [0.1, 0.15) is 10.9 Å². The molecule has 144 valence electrons. The summed E-state index contributed by atoms with van der Waals surface area (Å²) < 4.78 is 31.4. The second kappa shape index (κ2) is 6.84. The number of hydrogen-bond donors (Lipinski definition) is 2. The molecule has 0 radical (unpaired) electrons. The number of carboxylic acid groups (broad SMARTS) is 1. The lowest BCUT2D eigenvalue weighted by Gasteiger charge is -2.16. The third-order valence-corrected chi connectivity index (χ3v) is 6.06. The minimum atomic E-state index is -4.10. The van der Waals surface area contributed by atoms with E-state index < -0.39 is 22.0 Å². The summed E-state index contributed by atoms with van der Waals surface area (Å²) in [5.41, 5.74) is 2.19. The van der Waals surface area contributed by atoms with Crippen LogP contribution in [0.15, 0.2) is 4.90 Å². The van der Waals surface area contributed by atoms with Crippen LogP contribution < -0.4 is 4.72 Å². The van der Waals surface area contributed by atoms with Crippen LogP contribution in [-0.4, -0.2) is 39.1 Å². The molecule has 1 unspecified atom stereocenters. The van der Waals surface area contributed by atoms with Crippen LogP contribution in [0.25, 0.3) is 0 Å². The SMILES string of the molecule is Cc1nn(C)c(C)c1C(NS(=O)(=O)c1c(C)nn(C(C)C)c1C)C(=O)O. The van der Waals surface area contributed by atoms with Crippen molar-refractivity contribution in [2.24, 2.45) is 7.05 Å². The zero-order valence-electron chi connectivity index (χ0n) is 16.0. The Labute approximate surface area is 153 Å². The van der Waals surface area contributed by atoms with Crippen molar-refractivity contribution in [2.75, 3.05) is 0 Å². The summed E-state index contributed by atoms with van der Waals surface area (Å²) in [5.74, 6) is -1.29. The van der Waals surface area contributed by atoms with Gasteiger partial charge in [0.05, 0.1) is 17.1 Å². The maximum absolute atomic E-state index is 13.0. The lowest BCUT2D eigenvalue weighted by molar-refractivity contribution is -0.139. The fourth-order valence-electron chi connectivity index (χ4n) is 3.19. The van der Waals surface area contributed by atoms with Crippen LogP contribution in [0.3, 0.4) is 0 Å². The van der Waals surface area contributed by atoms with Gasteiger partial charge in [-0.25, -0.2) is 8.42 Å². The van der Waals surface area contributed by atoms with E-state index in [9.17, 15) is 18.3 Å².